The average molecular weight is 199 g/mol. The lowest BCUT2D eigenvalue weighted by Gasteiger charge is -2.16. The Morgan fingerprint density at radius 2 is 2.36 bits per heavy atom. The Bertz CT molecular complexity index is 182. The summed E-state index contributed by atoms with van der Waals surface area (Å²) in [7, 11) is 0. The summed E-state index contributed by atoms with van der Waals surface area (Å²) >= 11 is 0. The van der Waals surface area contributed by atoms with Crippen molar-refractivity contribution in [1.29, 1.82) is 0 Å². The van der Waals surface area contributed by atoms with Crippen molar-refractivity contribution >= 4 is 5.91 Å². The monoisotopic (exact) mass is 199 g/mol. The quantitative estimate of drug-likeness (QED) is 0.609. The molecule has 1 heterocycles. The molecule has 0 radical (unpaired) electrons. The van der Waals surface area contributed by atoms with Gasteiger partial charge in [0.2, 0.25) is 5.91 Å². The number of likely N-dealkylation sites (tertiary alicyclic amines) is 1. The van der Waals surface area contributed by atoms with Gasteiger partial charge in [0, 0.05) is 26.1 Å². The highest BCUT2D eigenvalue weighted by Gasteiger charge is 2.19. The molecule has 0 spiro atoms. The first-order valence-corrected chi connectivity index (χ1v) is 5.59. The second kappa shape index (κ2) is 6.02. The number of hydrogen-bond donors (Lipinski definition) is 0. The lowest BCUT2D eigenvalue weighted by Crippen LogP contribution is -2.28. The summed E-state index contributed by atoms with van der Waals surface area (Å²) in [6.45, 7) is 7.55. The van der Waals surface area contributed by atoms with Crippen molar-refractivity contribution in [2.45, 2.75) is 33.1 Å². The highest BCUT2D eigenvalue weighted by Crippen LogP contribution is 2.08. The maximum Gasteiger partial charge on any atom is 0.222 e. The van der Waals surface area contributed by atoms with Gasteiger partial charge in [-0.1, -0.05) is 20.3 Å². The van der Waals surface area contributed by atoms with E-state index in [-0.39, 0.29) is 5.91 Å². The molecule has 0 aromatic rings. The normalized spacial score (nSPS) is 19.0. The summed E-state index contributed by atoms with van der Waals surface area (Å²) in [5, 5.41) is 0. The summed E-state index contributed by atoms with van der Waals surface area (Å²) in [5.41, 5.74) is 0. The number of ether oxygens (including phenoxy) is 1. The van der Waals surface area contributed by atoms with Crippen LogP contribution in [0.5, 0.6) is 0 Å². The van der Waals surface area contributed by atoms with Gasteiger partial charge in [-0.25, -0.2) is 0 Å². The minimum Gasteiger partial charge on any atom is -0.379 e. The van der Waals surface area contributed by atoms with Crippen LogP contribution in [0.25, 0.3) is 0 Å². The van der Waals surface area contributed by atoms with Gasteiger partial charge in [-0.3, -0.25) is 4.79 Å². The third kappa shape index (κ3) is 3.66. The molecule has 14 heavy (non-hydrogen) atoms. The van der Waals surface area contributed by atoms with E-state index in [2.05, 4.69) is 13.8 Å². The summed E-state index contributed by atoms with van der Waals surface area (Å²) < 4.78 is 5.50. The molecule has 1 rings (SSSR count). The predicted molar refractivity (Wildman–Crippen MR) is 56.1 cm³/mol. The van der Waals surface area contributed by atoms with Crippen LogP contribution < -0.4 is 0 Å². The minimum atomic E-state index is 0.289. The molecule has 82 valence electrons. The molecule has 1 aliphatic rings. The average Bonchev–Trinajstić information content (AvgIpc) is 2.58. The van der Waals surface area contributed by atoms with E-state index in [9.17, 15) is 4.79 Å². The minimum absolute atomic E-state index is 0.289. The fourth-order valence-electron chi connectivity index (χ4n) is 1.52. The summed E-state index contributed by atoms with van der Waals surface area (Å²) in [6.07, 6.45) is 2.90. The van der Waals surface area contributed by atoms with Crippen molar-refractivity contribution in [3.05, 3.63) is 0 Å². The largest absolute Gasteiger partial charge is 0.379 e. The Hall–Kier alpha value is -0.570. The first-order chi connectivity index (χ1) is 6.74. The topological polar surface area (TPSA) is 29.5 Å². The van der Waals surface area contributed by atoms with Crippen LogP contribution in [0.1, 0.15) is 33.1 Å². The fourth-order valence-corrected chi connectivity index (χ4v) is 1.52. The maximum absolute atomic E-state index is 11.2. The standard InChI is InChI=1S/C11H21NO2/c1-3-10(2)9-14-8-7-12-6-4-5-11(12)13/h10H,3-9H2,1-2H3. The molecule has 1 aliphatic heterocycles. The van der Waals surface area contributed by atoms with Gasteiger partial charge in [0.15, 0.2) is 0 Å². The highest BCUT2D eigenvalue weighted by atomic mass is 16.5. The van der Waals surface area contributed by atoms with Crippen LogP contribution in [-0.4, -0.2) is 37.1 Å². The van der Waals surface area contributed by atoms with Crippen molar-refractivity contribution in [2.24, 2.45) is 5.92 Å². The van der Waals surface area contributed by atoms with E-state index >= 15 is 0 Å². The number of amides is 1. The maximum atomic E-state index is 11.2. The molecule has 1 fully saturated rings. The molecule has 0 bridgehead atoms. The molecule has 1 atom stereocenters. The molecule has 3 heteroatoms. The van der Waals surface area contributed by atoms with Crippen LogP contribution in [0.2, 0.25) is 0 Å². The number of hydrogen-bond acceptors (Lipinski definition) is 2. The number of nitrogens with zero attached hydrogens (tertiary/aromatic N) is 1. The van der Waals surface area contributed by atoms with E-state index in [0.29, 0.717) is 12.5 Å². The van der Waals surface area contributed by atoms with Crippen LogP contribution >= 0.6 is 0 Å². The van der Waals surface area contributed by atoms with Crippen molar-refractivity contribution in [3.8, 4) is 0 Å². The molecular formula is C11H21NO2. The zero-order chi connectivity index (χ0) is 10.4. The van der Waals surface area contributed by atoms with E-state index < -0.39 is 0 Å². The summed E-state index contributed by atoms with van der Waals surface area (Å²) in [4.78, 5) is 13.1. The van der Waals surface area contributed by atoms with Gasteiger partial charge in [-0.2, -0.15) is 0 Å². The molecular weight excluding hydrogens is 178 g/mol. The van der Waals surface area contributed by atoms with Gasteiger partial charge in [-0.05, 0) is 12.3 Å². The summed E-state index contributed by atoms with van der Waals surface area (Å²) in [6, 6.07) is 0. The Morgan fingerprint density at radius 1 is 1.57 bits per heavy atom. The second-order valence-corrected chi connectivity index (χ2v) is 4.07. The molecule has 1 unspecified atom stereocenters. The van der Waals surface area contributed by atoms with Crippen molar-refractivity contribution in [1.82, 2.24) is 4.90 Å². The van der Waals surface area contributed by atoms with Gasteiger partial charge in [-0.15, -0.1) is 0 Å². The van der Waals surface area contributed by atoms with Crippen LogP contribution in [0, 0.1) is 5.92 Å². The number of carbonyl (C=O) groups excluding carboxylic acids is 1. The molecule has 3 nitrogen and oxygen atoms in total. The highest BCUT2D eigenvalue weighted by molar-refractivity contribution is 5.77. The van der Waals surface area contributed by atoms with E-state index in [1.165, 1.54) is 0 Å². The smallest absolute Gasteiger partial charge is 0.222 e. The van der Waals surface area contributed by atoms with Crippen molar-refractivity contribution < 1.29 is 9.53 Å². The second-order valence-electron chi connectivity index (χ2n) is 4.07. The Labute approximate surface area is 86.4 Å². The van der Waals surface area contributed by atoms with E-state index in [1.54, 1.807) is 0 Å². The summed E-state index contributed by atoms with van der Waals surface area (Å²) in [5.74, 6) is 0.918. The molecule has 1 saturated heterocycles. The van der Waals surface area contributed by atoms with Crippen LogP contribution in [0.4, 0.5) is 0 Å². The van der Waals surface area contributed by atoms with Crippen LogP contribution in [0.3, 0.4) is 0 Å². The molecule has 1 amide bonds. The van der Waals surface area contributed by atoms with Crippen molar-refractivity contribution in [3.63, 3.8) is 0 Å². The van der Waals surface area contributed by atoms with Gasteiger partial charge in [0.05, 0.1) is 6.61 Å². The zero-order valence-corrected chi connectivity index (χ0v) is 9.29. The first-order valence-electron chi connectivity index (χ1n) is 5.59. The van der Waals surface area contributed by atoms with E-state index in [1.807, 2.05) is 4.90 Å². The molecule has 0 aliphatic carbocycles. The molecule has 0 saturated carbocycles. The zero-order valence-electron chi connectivity index (χ0n) is 9.29. The fraction of sp³-hybridized carbons (Fsp3) is 0.909. The Kier molecular flexibility index (Phi) is 4.94. The molecule has 0 aromatic heterocycles. The lowest BCUT2D eigenvalue weighted by atomic mass is 10.1. The lowest BCUT2D eigenvalue weighted by molar-refractivity contribution is -0.128. The molecule has 0 N–H and O–H groups in total. The molecule has 0 aromatic carbocycles. The van der Waals surface area contributed by atoms with E-state index in [0.717, 1.165) is 39.0 Å². The van der Waals surface area contributed by atoms with Crippen LogP contribution in [0.15, 0.2) is 0 Å². The van der Waals surface area contributed by atoms with Crippen molar-refractivity contribution in [2.75, 3.05) is 26.3 Å². The Morgan fingerprint density at radius 3 is 2.93 bits per heavy atom. The third-order valence-corrected chi connectivity index (χ3v) is 2.78. The van der Waals surface area contributed by atoms with Gasteiger partial charge < -0.3 is 9.64 Å². The van der Waals surface area contributed by atoms with Gasteiger partial charge >= 0.3 is 0 Å². The predicted octanol–water partition coefficient (Wildman–Crippen LogP) is 1.67. The number of rotatable bonds is 6. The van der Waals surface area contributed by atoms with Gasteiger partial charge in [0.25, 0.3) is 0 Å². The number of carbonyl (C=O) groups is 1. The van der Waals surface area contributed by atoms with Crippen LogP contribution in [-0.2, 0) is 9.53 Å². The van der Waals surface area contributed by atoms with Gasteiger partial charge in [0.1, 0.15) is 0 Å². The Balaban J connectivity index is 2.01. The first kappa shape index (κ1) is 11.5. The van der Waals surface area contributed by atoms with E-state index in [4.69, 9.17) is 4.74 Å². The third-order valence-electron chi connectivity index (χ3n) is 2.78. The SMILES string of the molecule is CCC(C)COCCN1CCCC1=O.